The van der Waals surface area contributed by atoms with E-state index in [1.54, 1.807) is 41.7 Å². The fourth-order valence-corrected chi connectivity index (χ4v) is 5.14. The third-order valence-electron chi connectivity index (χ3n) is 3.92. The third-order valence-corrected chi connectivity index (χ3v) is 6.59. The molecule has 0 aliphatic heterocycles. The molecule has 1 N–H and O–H groups in total. The number of aromatic nitrogens is 2. The van der Waals surface area contributed by atoms with Crippen molar-refractivity contribution in [1.82, 2.24) is 9.38 Å². The fraction of sp³-hybridized carbons (Fsp3) is 0.0556. The number of benzene rings is 2. The molecule has 0 fully saturated rings. The predicted molar refractivity (Wildman–Crippen MR) is 110 cm³/mol. The lowest BCUT2D eigenvalue weighted by atomic mass is 10.1. The highest BCUT2D eigenvalue weighted by Crippen LogP contribution is 2.30. The Labute approximate surface area is 168 Å². The van der Waals surface area contributed by atoms with Crippen LogP contribution in [0.25, 0.3) is 16.2 Å². The molecule has 138 valence electrons. The Bertz CT molecular complexity index is 1200. The molecule has 0 aliphatic carbocycles. The molecule has 0 aliphatic rings. The number of hydrogen-bond acceptors (Lipinski definition) is 5. The van der Waals surface area contributed by atoms with Gasteiger partial charge in [-0.1, -0.05) is 28.1 Å². The Balaban J connectivity index is 1.68. The first-order valence-electron chi connectivity index (χ1n) is 7.85. The molecule has 6 nitrogen and oxygen atoms in total. The minimum Gasteiger partial charge on any atom is -0.495 e. The van der Waals surface area contributed by atoms with Gasteiger partial charge in [0, 0.05) is 33.5 Å². The first kappa shape index (κ1) is 18.0. The molecular formula is C18H14BrN3O3S2. The van der Waals surface area contributed by atoms with Gasteiger partial charge in [0.25, 0.3) is 10.0 Å². The molecule has 2 aromatic carbocycles. The number of nitrogens with one attached hydrogen (secondary N) is 1. The first-order chi connectivity index (χ1) is 13.0. The number of methoxy groups -OCH3 is 1. The van der Waals surface area contributed by atoms with Gasteiger partial charge in [-0.3, -0.25) is 9.12 Å². The second-order valence-corrected chi connectivity index (χ2v) is 9.14. The summed E-state index contributed by atoms with van der Waals surface area (Å²) in [5, 5.41) is 1.96. The zero-order valence-electron chi connectivity index (χ0n) is 14.1. The van der Waals surface area contributed by atoms with Crippen LogP contribution in [-0.2, 0) is 10.0 Å². The molecule has 0 saturated heterocycles. The van der Waals surface area contributed by atoms with Crippen LogP contribution in [-0.4, -0.2) is 24.9 Å². The van der Waals surface area contributed by atoms with E-state index < -0.39 is 10.0 Å². The van der Waals surface area contributed by atoms with E-state index in [0.29, 0.717) is 10.2 Å². The molecule has 4 rings (SSSR count). The van der Waals surface area contributed by atoms with E-state index in [9.17, 15) is 8.42 Å². The van der Waals surface area contributed by atoms with Crippen LogP contribution < -0.4 is 9.46 Å². The molecule has 0 amide bonds. The molecule has 27 heavy (non-hydrogen) atoms. The van der Waals surface area contributed by atoms with E-state index in [-0.39, 0.29) is 10.6 Å². The Morgan fingerprint density at radius 1 is 1.22 bits per heavy atom. The van der Waals surface area contributed by atoms with Crippen molar-refractivity contribution in [2.45, 2.75) is 4.90 Å². The van der Waals surface area contributed by atoms with Gasteiger partial charge in [0.05, 0.1) is 12.8 Å². The smallest absolute Gasteiger partial charge is 0.265 e. The van der Waals surface area contributed by atoms with Crippen LogP contribution in [0, 0.1) is 0 Å². The van der Waals surface area contributed by atoms with Crippen LogP contribution in [0.2, 0.25) is 0 Å². The highest BCUT2D eigenvalue weighted by molar-refractivity contribution is 9.10. The number of halogens is 1. The summed E-state index contributed by atoms with van der Waals surface area (Å²) in [7, 11) is -2.38. The third kappa shape index (κ3) is 3.58. The second-order valence-electron chi connectivity index (χ2n) is 5.70. The van der Waals surface area contributed by atoms with Gasteiger partial charge in [0.2, 0.25) is 0 Å². The molecule has 0 saturated carbocycles. The van der Waals surface area contributed by atoms with Gasteiger partial charge < -0.3 is 4.74 Å². The number of imidazole rings is 1. The number of ether oxygens (including phenoxy) is 1. The van der Waals surface area contributed by atoms with Crippen molar-refractivity contribution in [3.8, 4) is 17.0 Å². The number of fused-ring (bicyclic) bond motifs is 1. The number of anilines is 1. The first-order valence-corrected chi connectivity index (χ1v) is 11.0. The maximum atomic E-state index is 12.9. The zero-order valence-corrected chi connectivity index (χ0v) is 17.3. The number of thiazole rings is 1. The summed E-state index contributed by atoms with van der Waals surface area (Å²) in [6, 6.07) is 12.0. The molecule has 9 heteroatoms. The summed E-state index contributed by atoms with van der Waals surface area (Å²) in [6.45, 7) is 0. The Morgan fingerprint density at radius 2 is 2.07 bits per heavy atom. The average molecular weight is 464 g/mol. The summed E-state index contributed by atoms with van der Waals surface area (Å²) in [5.41, 5.74) is 2.06. The molecule has 2 aromatic heterocycles. The Morgan fingerprint density at radius 3 is 2.85 bits per heavy atom. The van der Waals surface area contributed by atoms with Crippen LogP contribution in [0.4, 0.5) is 5.69 Å². The normalized spacial score (nSPS) is 11.6. The topological polar surface area (TPSA) is 72.7 Å². The van der Waals surface area contributed by atoms with Crippen molar-refractivity contribution in [3.63, 3.8) is 0 Å². The van der Waals surface area contributed by atoms with Crippen molar-refractivity contribution >= 4 is 47.9 Å². The van der Waals surface area contributed by atoms with Crippen LogP contribution in [0.5, 0.6) is 5.75 Å². The number of sulfonamides is 1. The standard InChI is InChI=1S/C18H14BrN3O3S2/c1-25-16-6-5-13(19)10-17(16)27(23,24)21-14-4-2-3-12(9-14)15-11-22-7-8-26-18(22)20-15/h2-11,21H,1H3. The largest absolute Gasteiger partial charge is 0.495 e. The average Bonchev–Trinajstić information content (AvgIpc) is 3.23. The number of nitrogens with zero attached hydrogens (tertiary/aromatic N) is 2. The highest BCUT2D eigenvalue weighted by atomic mass is 79.9. The second kappa shape index (κ2) is 6.99. The molecular weight excluding hydrogens is 450 g/mol. The number of hydrogen-bond donors (Lipinski definition) is 1. The van der Waals surface area contributed by atoms with E-state index >= 15 is 0 Å². The number of rotatable bonds is 5. The Hall–Kier alpha value is -2.36. The summed E-state index contributed by atoms with van der Waals surface area (Å²) in [4.78, 5) is 5.50. The van der Waals surface area contributed by atoms with Gasteiger partial charge in [-0.15, -0.1) is 11.3 Å². The predicted octanol–water partition coefficient (Wildman–Crippen LogP) is 4.63. The maximum absolute atomic E-state index is 12.9. The minimum absolute atomic E-state index is 0.0623. The lowest BCUT2D eigenvalue weighted by Gasteiger charge is -2.12. The molecule has 0 unspecified atom stereocenters. The lowest BCUT2D eigenvalue weighted by Crippen LogP contribution is -2.14. The maximum Gasteiger partial charge on any atom is 0.265 e. The molecule has 0 radical (unpaired) electrons. The summed E-state index contributed by atoms with van der Waals surface area (Å²) in [5.74, 6) is 0.274. The minimum atomic E-state index is -3.82. The monoisotopic (exact) mass is 463 g/mol. The van der Waals surface area contributed by atoms with Gasteiger partial charge in [0.15, 0.2) is 4.96 Å². The molecule has 0 bridgehead atoms. The van der Waals surface area contributed by atoms with Gasteiger partial charge >= 0.3 is 0 Å². The summed E-state index contributed by atoms with van der Waals surface area (Å²) in [6.07, 6.45) is 3.85. The van der Waals surface area contributed by atoms with Crippen molar-refractivity contribution in [2.75, 3.05) is 11.8 Å². The molecule has 0 atom stereocenters. The molecule has 4 aromatic rings. The summed E-state index contributed by atoms with van der Waals surface area (Å²) < 4.78 is 36.1. The SMILES string of the molecule is COc1ccc(Br)cc1S(=O)(=O)Nc1cccc(-c2cn3ccsc3n2)c1. The van der Waals surface area contributed by atoms with Crippen molar-refractivity contribution < 1.29 is 13.2 Å². The van der Waals surface area contributed by atoms with Crippen molar-refractivity contribution in [1.29, 1.82) is 0 Å². The van der Waals surface area contributed by atoms with Crippen molar-refractivity contribution in [2.24, 2.45) is 0 Å². The molecule has 2 heterocycles. The van der Waals surface area contributed by atoms with Crippen LogP contribution in [0.1, 0.15) is 0 Å². The van der Waals surface area contributed by atoms with Crippen LogP contribution in [0.3, 0.4) is 0 Å². The zero-order chi connectivity index (χ0) is 19.0. The van der Waals surface area contributed by atoms with Gasteiger partial charge in [0.1, 0.15) is 10.6 Å². The Kier molecular flexibility index (Phi) is 4.67. The lowest BCUT2D eigenvalue weighted by molar-refractivity contribution is 0.403. The van der Waals surface area contributed by atoms with E-state index in [1.807, 2.05) is 28.2 Å². The summed E-state index contributed by atoms with van der Waals surface area (Å²) >= 11 is 4.84. The van der Waals surface area contributed by atoms with Gasteiger partial charge in [-0.2, -0.15) is 0 Å². The quantitative estimate of drug-likeness (QED) is 0.467. The van der Waals surface area contributed by atoms with E-state index in [2.05, 4.69) is 25.6 Å². The van der Waals surface area contributed by atoms with E-state index in [0.717, 1.165) is 16.2 Å². The molecule has 0 spiro atoms. The fourth-order valence-electron chi connectivity index (χ4n) is 2.68. The van der Waals surface area contributed by atoms with Crippen molar-refractivity contribution in [3.05, 3.63) is 64.7 Å². The van der Waals surface area contributed by atoms with Crippen LogP contribution >= 0.6 is 27.3 Å². The van der Waals surface area contributed by atoms with Gasteiger partial charge in [-0.25, -0.2) is 13.4 Å². The van der Waals surface area contributed by atoms with Gasteiger partial charge in [-0.05, 0) is 30.3 Å². The van der Waals surface area contributed by atoms with E-state index in [1.165, 1.54) is 13.2 Å². The van der Waals surface area contributed by atoms with Crippen LogP contribution in [0.15, 0.2) is 69.6 Å². The van der Waals surface area contributed by atoms with E-state index in [4.69, 9.17) is 4.74 Å². The highest BCUT2D eigenvalue weighted by Gasteiger charge is 2.20.